The molecule has 5 nitrogen and oxygen atoms in total. The first-order valence-corrected chi connectivity index (χ1v) is 5.37. The van der Waals surface area contributed by atoms with Crippen LogP contribution in [0.3, 0.4) is 0 Å². The van der Waals surface area contributed by atoms with Crippen molar-refractivity contribution >= 4 is 11.8 Å². The maximum absolute atomic E-state index is 11.7. The van der Waals surface area contributed by atoms with E-state index in [1.54, 1.807) is 21.1 Å². The SMILES string of the molecule is CCCC(=O)[C@@](O)(CC(=O)[O-])C[N+](C)(C)C. The summed E-state index contributed by atoms with van der Waals surface area (Å²) in [6, 6.07) is 0. The number of hydrogen-bond donors (Lipinski definition) is 1. The molecule has 0 aromatic heterocycles. The number of likely N-dealkylation sites (N-methyl/N-ethyl adjacent to an activating group) is 1. The number of carbonyl (C=O) groups excluding carboxylic acids is 2. The van der Waals surface area contributed by atoms with Crippen LogP contribution in [0.15, 0.2) is 0 Å². The molecule has 0 saturated carbocycles. The van der Waals surface area contributed by atoms with Gasteiger partial charge in [-0.3, -0.25) is 4.79 Å². The average Bonchev–Trinajstić information content (AvgIpc) is 1.98. The van der Waals surface area contributed by atoms with Crippen LogP contribution in [0, 0.1) is 0 Å². The summed E-state index contributed by atoms with van der Waals surface area (Å²) in [4.78, 5) is 22.3. The zero-order valence-electron chi connectivity index (χ0n) is 10.4. The highest BCUT2D eigenvalue weighted by atomic mass is 16.4. The largest absolute Gasteiger partial charge is 0.550 e. The summed E-state index contributed by atoms with van der Waals surface area (Å²) < 4.78 is 0.319. The molecule has 0 saturated heterocycles. The number of carboxylic acids is 1. The zero-order chi connectivity index (χ0) is 13.0. The topological polar surface area (TPSA) is 77.4 Å². The van der Waals surface area contributed by atoms with E-state index in [2.05, 4.69) is 0 Å². The Morgan fingerprint density at radius 2 is 1.81 bits per heavy atom. The van der Waals surface area contributed by atoms with Crippen LogP contribution in [-0.2, 0) is 9.59 Å². The number of carboxylic acid groups (broad SMARTS) is 1. The van der Waals surface area contributed by atoms with Crippen LogP contribution >= 0.6 is 0 Å². The minimum Gasteiger partial charge on any atom is -0.550 e. The molecule has 0 radical (unpaired) electrons. The van der Waals surface area contributed by atoms with Crippen LogP contribution in [0.25, 0.3) is 0 Å². The van der Waals surface area contributed by atoms with Gasteiger partial charge in [0.25, 0.3) is 0 Å². The number of nitrogens with zero attached hydrogens (tertiary/aromatic N) is 1. The second-order valence-electron chi connectivity index (χ2n) is 5.20. The van der Waals surface area contributed by atoms with Crippen molar-refractivity contribution < 1.29 is 24.3 Å². The maximum atomic E-state index is 11.7. The fourth-order valence-electron chi connectivity index (χ4n) is 1.73. The first-order chi connectivity index (χ1) is 7.10. The molecule has 94 valence electrons. The number of Topliss-reactive ketones (excluding diaryl/α,β-unsaturated/α-hetero) is 1. The van der Waals surface area contributed by atoms with Gasteiger partial charge < -0.3 is 19.5 Å². The second-order valence-corrected chi connectivity index (χ2v) is 5.20. The van der Waals surface area contributed by atoms with Gasteiger partial charge in [-0.25, -0.2) is 0 Å². The van der Waals surface area contributed by atoms with Gasteiger partial charge in [-0.2, -0.15) is 0 Å². The average molecular weight is 231 g/mol. The predicted molar refractivity (Wildman–Crippen MR) is 57.4 cm³/mol. The summed E-state index contributed by atoms with van der Waals surface area (Å²) in [5.41, 5.74) is -1.81. The van der Waals surface area contributed by atoms with Crippen molar-refractivity contribution in [2.45, 2.75) is 31.8 Å². The summed E-state index contributed by atoms with van der Waals surface area (Å²) in [6.45, 7) is 1.88. The molecule has 0 rings (SSSR count). The van der Waals surface area contributed by atoms with Gasteiger partial charge >= 0.3 is 0 Å². The van der Waals surface area contributed by atoms with Crippen molar-refractivity contribution in [1.82, 2.24) is 0 Å². The summed E-state index contributed by atoms with van der Waals surface area (Å²) in [5, 5.41) is 20.7. The zero-order valence-corrected chi connectivity index (χ0v) is 10.4. The Balaban J connectivity index is 4.87. The molecule has 0 unspecified atom stereocenters. The number of ketones is 1. The van der Waals surface area contributed by atoms with Gasteiger partial charge in [0.05, 0.1) is 21.1 Å². The van der Waals surface area contributed by atoms with Gasteiger partial charge in [-0.1, -0.05) is 6.92 Å². The Kier molecular flexibility index (Phi) is 5.09. The van der Waals surface area contributed by atoms with Crippen LogP contribution in [-0.4, -0.2) is 54.6 Å². The molecule has 0 aromatic carbocycles. The van der Waals surface area contributed by atoms with E-state index in [1.165, 1.54) is 0 Å². The molecular weight excluding hydrogens is 210 g/mol. The van der Waals surface area contributed by atoms with E-state index in [4.69, 9.17) is 0 Å². The van der Waals surface area contributed by atoms with E-state index in [1.807, 2.05) is 6.92 Å². The first kappa shape index (κ1) is 15.1. The molecule has 16 heavy (non-hydrogen) atoms. The van der Waals surface area contributed by atoms with E-state index in [9.17, 15) is 19.8 Å². The molecule has 0 aromatic rings. The quantitative estimate of drug-likeness (QED) is 0.566. The van der Waals surface area contributed by atoms with Crippen LogP contribution in [0.5, 0.6) is 0 Å². The fraction of sp³-hybridized carbons (Fsp3) is 0.818. The summed E-state index contributed by atoms with van der Waals surface area (Å²) in [7, 11) is 5.37. The Bertz CT molecular complexity index is 270. The Labute approximate surface area is 96.3 Å². The second kappa shape index (κ2) is 5.41. The molecule has 1 atom stereocenters. The number of aliphatic carboxylic acids is 1. The van der Waals surface area contributed by atoms with Crippen molar-refractivity contribution in [3.63, 3.8) is 0 Å². The number of quaternary nitrogens is 1. The third kappa shape index (κ3) is 5.23. The van der Waals surface area contributed by atoms with Crippen LogP contribution in [0.1, 0.15) is 26.2 Å². The van der Waals surface area contributed by atoms with Gasteiger partial charge in [0.1, 0.15) is 6.54 Å². The minimum absolute atomic E-state index is 0.0693. The number of hydrogen-bond acceptors (Lipinski definition) is 4. The van der Waals surface area contributed by atoms with Gasteiger partial charge in [0.15, 0.2) is 11.4 Å². The molecule has 1 N–H and O–H groups in total. The van der Waals surface area contributed by atoms with Crippen molar-refractivity contribution in [2.75, 3.05) is 27.7 Å². The predicted octanol–water partition coefficient (Wildman–Crippen LogP) is -1.07. The Morgan fingerprint density at radius 1 is 1.31 bits per heavy atom. The van der Waals surface area contributed by atoms with E-state index in [0.29, 0.717) is 10.9 Å². The summed E-state index contributed by atoms with van der Waals surface area (Å²) in [5.74, 6) is -1.83. The normalized spacial score (nSPS) is 15.6. The van der Waals surface area contributed by atoms with Crippen molar-refractivity contribution in [3.05, 3.63) is 0 Å². The van der Waals surface area contributed by atoms with E-state index < -0.39 is 23.8 Å². The first-order valence-electron chi connectivity index (χ1n) is 5.37. The smallest absolute Gasteiger partial charge is 0.177 e. The van der Waals surface area contributed by atoms with Crippen molar-refractivity contribution in [3.8, 4) is 0 Å². The lowest BCUT2D eigenvalue weighted by atomic mass is 9.90. The summed E-state index contributed by atoms with van der Waals surface area (Å²) in [6.07, 6.45) is 0.135. The number of rotatable bonds is 7. The van der Waals surface area contributed by atoms with Crippen molar-refractivity contribution in [2.24, 2.45) is 0 Å². The third-order valence-corrected chi connectivity index (χ3v) is 2.17. The monoisotopic (exact) mass is 231 g/mol. The molecule has 0 spiro atoms. The highest BCUT2D eigenvalue weighted by Crippen LogP contribution is 2.18. The van der Waals surface area contributed by atoms with Crippen LogP contribution in [0.4, 0.5) is 0 Å². The van der Waals surface area contributed by atoms with Crippen LogP contribution in [0.2, 0.25) is 0 Å². The maximum Gasteiger partial charge on any atom is 0.177 e. The minimum atomic E-state index is -1.81. The summed E-state index contributed by atoms with van der Waals surface area (Å²) >= 11 is 0. The highest BCUT2D eigenvalue weighted by Gasteiger charge is 2.40. The van der Waals surface area contributed by atoms with Crippen LogP contribution < -0.4 is 5.11 Å². The molecule has 0 aliphatic heterocycles. The Morgan fingerprint density at radius 3 is 2.12 bits per heavy atom. The molecule has 0 bridgehead atoms. The molecule has 0 heterocycles. The van der Waals surface area contributed by atoms with Gasteiger partial charge in [0, 0.05) is 18.8 Å². The number of carbonyl (C=O) groups is 2. The van der Waals surface area contributed by atoms with E-state index >= 15 is 0 Å². The van der Waals surface area contributed by atoms with E-state index in [0.717, 1.165) is 0 Å². The molecule has 0 aliphatic carbocycles. The van der Waals surface area contributed by atoms with Gasteiger partial charge in [0.2, 0.25) is 0 Å². The number of aliphatic hydroxyl groups is 1. The molecule has 0 fully saturated rings. The standard InChI is InChI=1S/C11H21NO4/c1-5-6-9(13)11(16,7-10(14)15)8-12(2,3)4/h16H,5-8H2,1-4H3/t11-/m1/s1. The Hall–Kier alpha value is -0.940. The van der Waals surface area contributed by atoms with Gasteiger partial charge in [-0.05, 0) is 6.42 Å². The molecular formula is C11H21NO4. The fourth-order valence-corrected chi connectivity index (χ4v) is 1.73. The lowest BCUT2D eigenvalue weighted by molar-refractivity contribution is -0.875. The third-order valence-electron chi connectivity index (χ3n) is 2.17. The lowest BCUT2D eigenvalue weighted by Crippen LogP contribution is -2.56. The van der Waals surface area contributed by atoms with Gasteiger partial charge in [-0.15, -0.1) is 0 Å². The van der Waals surface area contributed by atoms with Crippen molar-refractivity contribution in [1.29, 1.82) is 0 Å². The molecule has 0 aliphatic rings. The molecule has 5 heteroatoms. The van der Waals surface area contributed by atoms with E-state index in [-0.39, 0.29) is 13.0 Å². The highest BCUT2D eigenvalue weighted by molar-refractivity contribution is 5.90. The molecule has 0 amide bonds. The lowest BCUT2D eigenvalue weighted by Gasteiger charge is -2.34.